The Morgan fingerprint density at radius 3 is 2.64 bits per heavy atom. The standard InChI is InChI=1S/C23H35N5O3S2/c1-6-28(7-2)33(30,31)19-12-9-11-18(14-19)22-25-26-23(27(22)5)32-15-21(29)24-20-13-8-10-16(3)17(20)4/h9,11-12,14,16-17,20H,6-8,10,13,15H2,1-5H3,(H,24,29)/t16-,17-,20-/m1/s1. The van der Waals surface area contributed by atoms with E-state index < -0.39 is 10.0 Å². The van der Waals surface area contributed by atoms with Crippen molar-refractivity contribution in [2.45, 2.75) is 63.1 Å². The Morgan fingerprint density at radius 2 is 1.94 bits per heavy atom. The lowest BCUT2D eigenvalue weighted by Gasteiger charge is -2.34. The van der Waals surface area contributed by atoms with Crippen molar-refractivity contribution < 1.29 is 13.2 Å². The van der Waals surface area contributed by atoms with Gasteiger partial charge in [0.2, 0.25) is 15.9 Å². The summed E-state index contributed by atoms with van der Waals surface area (Å²) in [6.45, 7) is 8.93. The smallest absolute Gasteiger partial charge is 0.243 e. The molecule has 0 aliphatic heterocycles. The summed E-state index contributed by atoms with van der Waals surface area (Å²) >= 11 is 1.33. The molecule has 10 heteroatoms. The van der Waals surface area contributed by atoms with E-state index in [1.54, 1.807) is 22.8 Å². The number of rotatable bonds is 9. The number of carbonyl (C=O) groups is 1. The first-order valence-electron chi connectivity index (χ1n) is 11.6. The van der Waals surface area contributed by atoms with Crippen molar-refractivity contribution in [1.29, 1.82) is 0 Å². The normalized spacial score (nSPS) is 21.3. The first kappa shape index (κ1) is 25.7. The predicted molar refractivity (Wildman–Crippen MR) is 131 cm³/mol. The summed E-state index contributed by atoms with van der Waals surface area (Å²) in [6, 6.07) is 6.99. The molecule has 1 N–H and O–H groups in total. The van der Waals surface area contributed by atoms with E-state index in [1.807, 2.05) is 27.0 Å². The second-order valence-electron chi connectivity index (χ2n) is 8.71. The second kappa shape index (κ2) is 11.0. The zero-order chi connectivity index (χ0) is 24.2. The molecule has 0 radical (unpaired) electrons. The van der Waals surface area contributed by atoms with Crippen LogP contribution in [0.15, 0.2) is 34.3 Å². The number of aromatic nitrogens is 3. The van der Waals surface area contributed by atoms with Crippen LogP contribution in [0.2, 0.25) is 0 Å². The molecule has 182 valence electrons. The maximum Gasteiger partial charge on any atom is 0.243 e. The van der Waals surface area contributed by atoms with Gasteiger partial charge in [-0.1, -0.05) is 64.4 Å². The highest BCUT2D eigenvalue weighted by molar-refractivity contribution is 7.99. The average molecular weight is 494 g/mol. The number of sulfonamides is 1. The summed E-state index contributed by atoms with van der Waals surface area (Å²) < 4.78 is 29.0. The Morgan fingerprint density at radius 1 is 1.21 bits per heavy atom. The third kappa shape index (κ3) is 5.78. The van der Waals surface area contributed by atoms with Gasteiger partial charge in [0.05, 0.1) is 10.6 Å². The molecule has 0 unspecified atom stereocenters. The van der Waals surface area contributed by atoms with Crippen LogP contribution in [0.25, 0.3) is 11.4 Å². The van der Waals surface area contributed by atoms with Crippen molar-refractivity contribution in [1.82, 2.24) is 24.4 Å². The van der Waals surface area contributed by atoms with Crippen LogP contribution < -0.4 is 5.32 Å². The van der Waals surface area contributed by atoms with Gasteiger partial charge < -0.3 is 9.88 Å². The monoisotopic (exact) mass is 493 g/mol. The van der Waals surface area contributed by atoms with Gasteiger partial charge in [0.1, 0.15) is 0 Å². The Labute approximate surface area is 201 Å². The topological polar surface area (TPSA) is 97.2 Å². The van der Waals surface area contributed by atoms with Gasteiger partial charge in [0.15, 0.2) is 11.0 Å². The van der Waals surface area contributed by atoms with E-state index in [9.17, 15) is 13.2 Å². The third-order valence-electron chi connectivity index (χ3n) is 6.66. The molecule has 0 saturated heterocycles. The highest BCUT2D eigenvalue weighted by Gasteiger charge is 2.28. The maximum absolute atomic E-state index is 12.9. The van der Waals surface area contributed by atoms with Gasteiger partial charge in [-0.25, -0.2) is 8.42 Å². The van der Waals surface area contributed by atoms with Crippen molar-refractivity contribution >= 4 is 27.7 Å². The number of hydrogen-bond acceptors (Lipinski definition) is 6. The summed E-state index contributed by atoms with van der Waals surface area (Å²) in [7, 11) is -1.74. The minimum atomic E-state index is -3.56. The Hall–Kier alpha value is -1.91. The molecule has 0 bridgehead atoms. The van der Waals surface area contributed by atoms with Crippen LogP contribution in [-0.4, -0.2) is 58.3 Å². The highest BCUT2D eigenvalue weighted by Crippen LogP contribution is 2.30. The molecule has 1 heterocycles. The molecule has 1 aromatic heterocycles. The van der Waals surface area contributed by atoms with E-state index >= 15 is 0 Å². The predicted octanol–water partition coefficient (Wildman–Crippen LogP) is 3.55. The molecule has 33 heavy (non-hydrogen) atoms. The maximum atomic E-state index is 12.9. The fraction of sp³-hybridized carbons (Fsp3) is 0.609. The highest BCUT2D eigenvalue weighted by atomic mass is 32.2. The molecule has 1 aliphatic carbocycles. The molecule has 1 fully saturated rings. The number of carbonyl (C=O) groups excluding carboxylic acids is 1. The van der Waals surface area contributed by atoms with Gasteiger partial charge in [0, 0.05) is 31.7 Å². The second-order valence-corrected chi connectivity index (χ2v) is 11.6. The molecule has 1 amide bonds. The van der Waals surface area contributed by atoms with Gasteiger partial charge >= 0.3 is 0 Å². The quantitative estimate of drug-likeness (QED) is 0.537. The number of benzene rings is 1. The van der Waals surface area contributed by atoms with Gasteiger partial charge in [-0.2, -0.15) is 4.31 Å². The van der Waals surface area contributed by atoms with Crippen molar-refractivity contribution in [2.75, 3.05) is 18.8 Å². The van der Waals surface area contributed by atoms with Crippen LogP contribution >= 0.6 is 11.8 Å². The van der Waals surface area contributed by atoms with E-state index in [0.29, 0.717) is 41.5 Å². The number of nitrogens with one attached hydrogen (secondary N) is 1. The largest absolute Gasteiger partial charge is 0.352 e. The lowest BCUT2D eigenvalue weighted by Crippen LogP contribution is -2.44. The van der Waals surface area contributed by atoms with Gasteiger partial charge in [-0.05, 0) is 30.4 Å². The van der Waals surface area contributed by atoms with Crippen LogP contribution in [-0.2, 0) is 21.9 Å². The van der Waals surface area contributed by atoms with Crippen LogP contribution in [0.4, 0.5) is 0 Å². The molecule has 1 saturated carbocycles. The molecule has 3 atom stereocenters. The first-order valence-corrected chi connectivity index (χ1v) is 14.0. The zero-order valence-corrected chi connectivity index (χ0v) is 21.7. The van der Waals surface area contributed by atoms with Crippen LogP contribution in [0.3, 0.4) is 0 Å². The molecule has 2 aromatic rings. The molecule has 1 aromatic carbocycles. The SMILES string of the molecule is CCN(CC)S(=O)(=O)c1cccc(-c2nnc(SCC(=O)N[C@@H]3CCC[C@@H](C)[C@H]3C)n2C)c1. The summed E-state index contributed by atoms with van der Waals surface area (Å²) in [6.07, 6.45) is 3.41. The third-order valence-corrected chi connectivity index (χ3v) is 9.72. The number of amides is 1. The minimum Gasteiger partial charge on any atom is -0.352 e. The van der Waals surface area contributed by atoms with Crippen LogP contribution in [0.1, 0.15) is 47.0 Å². The summed E-state index contributed by atoms with van der Waals surface area (Å²) in [5.74, 6) is 1.93. The van der Waals surface area contributed by atoms with Gasteiger partial charge in [-0.3, -0.25) is 4.79 Å². The molecule has 8 nitrogen and oxygen atoms in total. The van der Waals surface area contributed by atoms with Crippen molar-refractivity contribution in [3.8, 4) is 11.4 Å². The van der Waals surface area contributed by atoms with E-state index in [4.69, 9.17) is 0 Å². The number of nitrogens with zero attached hydrogens (tertiary/aromatic N) is 4. The Kier molecular flexibility index (Phi) is 8.58. The number of hydrogen-bond donors (Lipinski definition) is 1. The van der Waals surface area contributed by atoms with Crippen molar-refractivity contribution in [3.63, 3.8) is 0 Å². The van der Waals surface area contributed by atoms with Gasteiger partial charge in [0.25, 0.3) is 0 Å². The van der Waals surface area contributed by atoms with Gasteiger partial charge in [-0.15, -0.1) is 10.2 Å². The molecular weight excluding hydrogens is 458 g/mol. The Balaban J connectivity index is 1.69. The van der Waals surface area contributed by atoms with Crippen molar-refractivity contribution in [2.24, 2.45) is 18.9 Å². The fourth-order valence-electron chi connectivity index (χ4n) is 4.36. The van der Waals surface area contributed by atoms with Crippen LogP contribution in [0.5, 0.6) is 0 Å². The lowest BCUT2D eigenvalue weighted by atomic mass is 9.78. The van der Waals surface area contributed by atoms with Crippen LogP contribution in [0, 0.1) is 11.8 Å². The average Bonchev–Trinajstić information content (AvgIpc) is 3.16. The summed E-state index contributed by atoms with van der Waals surface area (Å²) in [5.41, 5.74) is 0.666. The fourth-order valence-corrected chi connectivity index (χ4v) is 6.59. The van der Waals surface area contributed by atoms with Crippen molar-refractivity contribution in [3.05, 3.63) is 24.3 Å². The molecule has 3 rings (SSSR count). The molecule has 1 aliphatic rings. The summed E-state index contributed by atoms with van der Waals surface area (Å²) in [4.78, 5) is 12.8. The lowest BCUT2D eigenvalue weighted by molar-refractivity contribution is -0.120. The zero-order valence-electron chi connectivity index (χ0n) is 20.1. The summed E-state index contributed by atoms with van der Waals surface area (Å²) in [5, 5.41) is 12.3. The van der Waals surface area contributed by atoms with E-state index in [-0.39, 0.29) is 22.6 Å². The minimum absolute atomic E-state index is 0.00260. The first-order chi connectivity index (χ1) is 15.7. The van der Waals surface area contributed by atoms with E-state index in [1.165, 1.54) is 22.5 Å². The van der Waals surface area contributed by atoms with E-state index in [2.05, 4.69) is 29.4 Å². The molecular formula is C23H35N5O3S2. The van der Waals surface area contributed by atoms with E-state index in [0.717, 1.165) is 12.8 Å². The number of thioether (sulfide) groups is 1. The Bertz CT molecular complexity index is 1070. The molecule has 0 spiro atoms.